The van der Waals surface area contributed by atoms with Crippen LogP contribution in [0.15, 0.2) is 77.2 Å². The van der Waals surface area contributed by atoms with Crippen LogP contribution in [0, 0.1) is 24.7 Å². The number of allylic oxidation sites excluding steroid dienone is 4. The van der Waals surface area contributed by atoms with Crippen LogP contribution >= 0.6 is 21.6 Å². The van der Waals surface area contributed by atoms with Crippen LogP contribution in [0.3, 0.4) is 0 Å². The minimum absolute atomic E-state index is 0.0227. The molecule has 2 aliphatic carbocycles. The van der Waals surface area contributed by atoms with E-state index in [1.54, 1.807) is 23.0 Å². The standard InChI is InChI=1S/C74H96N12O15S2/c1-6-17-46-36-48-37-49-38-56(76-7-2)45(4)35-54(49)67(53(48)34-44(46)3)51-19-10-11-20-52(51)73(98)84(5)30-15-24-62(90)85-31-14-22-59(85)72(97)82-55(70(95)78-28-12-8-9-23-61(89)81-57(39-64(91)92)71(96)83-58(74(99)100)40-65(93)94)21-16-32-102-103-33-27-60(88)77-29-13-18-47-41-86(63-26-25-50(42-87)101-63)69-66(47)68(75)79-43-80-69/h10-11,19-20,34-36,38,41,43,50,54-55,57-59,63,67,87H,6-9,12,14-17,21-33,37,39-40,42H2,1-5H3,(H,77,88)(H,78,95)(H,81,89)(H,82,97)(H,83,96)(H,91,92)(H,93,94)(H,99,100)(H2,75,79,80)/b76-56+/t50-,54?,55?,57?,58?,59?,63+,67?/m0/s1. The average Bonchev–Trinajstić information content (AvgIpc) is 1.40. The molecule has 7 amide bonds. The van der Waals surface area contributed by atoms with Gasteiger partial charge in [0.05, 0.1) is 48.8 Å². The van der Waals surface area contributed by atoms with Crippen molar-refractivity contribution in [3.8, 4) is 11.8 Å². The van der Waals surface area contributed by atoms with Crippen LogP contribution in [0.25, 0.3) is 11.0 Å². The van der Waals surface area contributed by atoms with Crippen molar-refractivity contribution in [3.63, 3.8) is 0 Å². The summed E-state index contributed by atoms with van der Waals surface area (Å²) in [6.45, 7) is 9.90. The number of hydrogen-bond acceptors (Lipinski definition) is 18. The molecule has 0 bridgehead atoms. The number of carbonyl (C=O) groups excluding carboxylic acids is 7. The molecular formula is C74H96N12O15S2. The molecule has 2 aliphatic heterocycles. The van der Waals surface area contributed by atoms with E-state index in [9.17, 15) is 63.3 Å². The number of ether oxygens (including phenoxy) is 1. The Morgan fingerprint density at radius 1 is 0.825 bits per heavy atom. The largest absolute Gasteiger partial charge is 0.481 e. The fourth-order valence-electron chi connectivity index (χ4n) is 13.6. The highest BCUT2D eigenvalue weighted by Crippen LogP contribution is 2.48. The second-order valence-electron chi connectivity index (χ2n) is 26.4. The van der Waals surface area contributed by atoms with E-state index in [0.717, 1.165) is 36.1 Å². The number of carboxylic acid groups (broad SMARTS) is 3. The number of amides is 7. The summed E-state index contributed by atoms with van der Waals surface area (Å²) >= 11 is 0. The summed E-state index contributed by atoms with van der Waals surface area (Å²) in [6.07, 6.45) is 12.5. The number of aliphatic hydroxyl groups is 1. The van der Waals surface area contributed by atoms with Gasteiger partial charge in [0.25, 0.3) is 5.91 Å². The lowest BCUT2D eigenvalue weighted by Crippen LogP contribution is -2.53. The van der Waals surface area contributed by atoms with E-state index in [0.29, 0.717) is 98.1 Å². The van der Waals surface area contributed by atoms with Crippen molar-refractivity contribution in [2.24, 2.45) is 10.9 Å². The van der Waals surface area contributed by atoms with Crippen molar-refractivity contribution >= 4 is 103 Å². The van der Waals surface area contributed by atoms with Gasteiger partial charge in [-0.05, 0) is 137 Å². The minimum Gasteiger partial charge on any atom is -0.481 e. The third kappa shape index (κ3) is 22.0. The fraction of sp³-hybridized carbons (Fsp3) is 0.527. The molecule has 11 N–H and O–H groups in total. The number of aliphatic imine (C=N–C) groups is 1. The number of benzene rings is 2. The molecule has 0 spiro atoms. The summed E-state index contributed by atoms with van der Waals surface area (Å²) in [5, 5.41) is 50.8. The third-order valence-electron chi connectivity index (χ3n) is 18.8. The Morgan fingerprint density at radius 2 is 1.59 bits per heavy atom. The second kappa shape index (κ2) is 39.0. The molecule has 2 aromatic carbocycles. The molecule has 2 saturated heterocycles. The van der Waals surface area contributed by atoms with E-state index < -0.39 is 78.5 Å². The van der Waals surface area contributed by atoms with Crippen LogP contribution in [0.5, 0.6) is 0 Å². The number of aryl methyl sites for hydroxylation is 2. The van der Waals surface area contributed by atoms with Gasteiger partial charge in [0.15, 0.2) is 0 Å². The monoisotopic (exact) mass is 1460 g/mol. The van der Waals surface area contributed by atoms with Gasteiger partial charge in [-0.3, -0.25) is 48.1 Å². The lowest BCUT2D eigenvalue weighted by atomic mass is 9.65. The maximum Gasteiger partial charge on any atom is 0.326 e. The first-order chi connectivity index (χ1) is 49.5. The number of unbranched alkanes of at least 4 members (excludes halogenated alkanes) is 2. The van der Waals surface area contributed by atoms with E-state index in [2.05, 4.69) is 94.2 Å². The zero-order chi connectivity index (χ0) is 74.3. The molecular weight excluding hydrogens is 1360 g/mol. The number of rotatable bonds is 37. The van der Waals surface area contributed by atoms with Gasteiger partial charge in [0.2, 0.25) is 35.4 Å². The van der Waals surface area contributed by atoms with Gasteiger partial charge in [0, 0.05) is 87.6 Å². The van der Waals surface area contributed by atoms with Crippen LogP contribution in [0.2, 0.25) is 0 Å². The zero-order valence-electron chi connectivity index (χ0n) is 59.1. The number of nitrogens with one attached hydrogen (secondary N) is 5. The number of nitrogen functional groups attached to an aromatic ring is 1. The van der Waals surface area contributed by atoms with Crippen molar-refractivity contribution in [1.29, 1.82) is 0 Å². The summed E-state index contributed by atoms with van der Waals surface area (Å²) in [5.74, 6) is -0.894. The highest BCUT2D eigenvalue weighted by atomic mass is 33.1. The maximum atomic E-state index is 14.7. The molecule has 554 valence electrons. The van der Waals surface area contributed by atoms with E-state index in [1.807, 2.05) is 35.0 Å². The molecule has 27 nitrogen and oxygen atoms in total. The zero-order valence-corrected chi connectivity index (χ0v) is 60.8. The number of aromatic nitrogens is 3. The molecule has 6 unspecified atom stereocenters. The first kappa shape index (κ1) is 79.6. The number of aliphatic carboxylic acids is 3. The molecule has 8 atom stereocenters. The Bertz CT molecular complexity index is 3940. The molecule has 29 heteroatoms. The number of nitrogens with two attached hydrogens (primary N) is 1. The number of carbonyl (C=O) groups is 10. The molecule has 8 rings (SSSR count). The van der Waals surface area contributed by atoms with Gasteiger partial charge in [-0.15, -0.1) is 0 Å². The molecule has 2 fully saturated rings. The summed E-state index contributed by atoms with van der Waals surface area (Å²) in [7, 11) is 4.73. The van der Waals surface area contributed by atoms with Gasteiger partial charge in [-0.1, -0.05) is 95.2 Å². The van der Waals surface area contributed by atoms with Crippen molar-refractivity contribution in [1.82, 2.24) is 50.9 Å². The van der Waals surface area contributed by atoms with E-state index >= 15 is 0 Å². The third-order valence-corrected chi connectivity index (χ3v) is 21.3. The van der Waals surface area contributed by atoms with Gasteiger partial charge >= 0.3 is 17.9 Å². The fourth-order valence-corrected chi connectivity index (χ4v) is 15.7. The predicted molar refractivity (Wildman–Crippen MR) is 392 cm³/mol. The quantitative estimate of drug-likeness (QED) is 0.0134. The summed E-state index contributed by atoms with van der Waals surface area (Å²) in [5.41, 5.74) is 17.3. The smallest absolute Gasteiger partial charge is 0.326 e. The summed E-state index contributed by atoms with van der Waals surface area (Å²) < 4.78 is 7.81. The van der Waals surface area contributed by atoms with E-state index in [4.69, 9.17) is 20.6 Å². The number of aliphatic hydroxyl groups excluding tert-OH is 1. The first-order valence-corrected chi connectivity index (χ1v) is 37.9. The first-order valence-electron chi connectivity index (χ1n) is 35.4. The lowest BCUT2D eigenvalue weighted by Gasteiger charge is -2.38. The summed E-state index contributed by atoms with van der Waals surface area (Å²) in [4.78, 5) is 146. The number of hydrogen-bond donors (Lipinski definition) is 10. The van der Waals surface area contributed by atoms with Gasteiger partial charge < -0.3 is 71.8 Å². The summed E-state index contributed by atoms with van der Waals surface area (Å²) in [6, 6.07) is 7.10. The Morgan fingerprint density at radius 3 is 2.33 bits per heavy atom. The van der Waals surface area contributed by atoms with Crippen molar-refractivity contribution in [3.05, 3.63) is 111 Å². The second-order valence-corrected chi connectivity index (χ2v) is 29.1. The number of anilines is 1. The number of fused-ring (bicyclic) bond motifs is 3. The molecule has 0 saturated carbocycles. The van der Waals surface area contributed by atoms with Crippen molar-refractivity contribution in [2.75, 3.05) is 63.6 Å². The van der Waals surface area contributed by atoms with E-state index in [-0.39, 0.29) is 106 Å². The Balaban J connectivity index is 0.843. The molecule has 2 aromatic heterocycles. The topological polar surface area (TPSA) is 397 Å². The molecule has 103 heavy (non-hydrogen) atoms. The van der Waals surface area contributed by atoms with Gasteiger partial charge in [0.1, 0.15) is 48.2 Å². The maximum absolute atomic E-state index is 14.7. The number of likely N-dealkylation sites (tertiary alicyclic amines) is 1. The Labute approximate surface area is 607 Å². The normalized spacial score (nSPS) is 18.8. The van der Waals surface area contributed by atoms with Crippen LogP contribution in [-0.4, -0.2) is 198 Å². The lowest BCUT2D eigenvalue weighted by molar-refractivity contribution is -0.148. The van der Waals surface area contributed by atoms with Gasteiger partial charge in [-0.25, -0.2) is 14.8 Å². The highest BCUT2D eigenvalue weighted by molar-refractivity contribution is 8.76. The SMILES string of the molecule is CCCc1cc2c(cc1C)C(c1ccccc1C(=O)N(C)CCCC(=O)N1CCCC1C(=O)NC(CCCSSCCC(=O)NCC#Cc1cn([C@H]3CC[C@@H](CO)O3)c3ncnc(N)c13)C(=O)NCCCCCC(=O)NC(CC(=O)O)C(=O)NC(CC(=O)O)C(=O)O)C1C=C(C)/C(=N/CC)C=C1C2. The highest BCUT2D eigenvalue weighted by Gasteiger charge is 2.40. The Hall–Kier alpha value is -9.11. The molecule has 4 heterocycles. The number of nitrogens with zero attached hydrogens (tertiary/aromatic N) is 6. The predicted octanol–water partition coefficient (Wildman–Crippen LogP) is 6.32. The Kier molecular flexibility index (Phi) is 30.1. The van der Waals surface area contributed by atoms with Gasteiger partial charge in [-0.2, -0.15) is 0 Å². The molecule has 4 aromatic rings. The van der Waals surface area contributed by atoms with Crippen molar-refractivity contribution < 1.29 is 73.1 Å². The van der Waals surface area contributed by atoms with Crippen molar-refractivity contribution in [2.45, 2.75) is 186 Å². The van der Waals surface area contributed by atoms with E-state index in [1.165, 1.54) is 55.7 Å². The molecule has 0 radical (unpaired) electrons. The van der Waals surface area contributed by atoms with Crippen LogP contribution in [0.1, 0.15) is 179 Å². The average molecular weight is 1460 g/mol. The van der Waals surface area contributed by atoms with Crippen LogP contribution < -0.4 is 32.3 Å². The van der Waals surface area contributed by atoms with Crippen LogP contribution in [0.4, 0.5) is 5.82 Å². The molecule has 4 aliphatic rings. The number of carboxylic acids is 3. The van der Waals surface area contributed by atoms with Crippen LogP contribution in [-0.2, 0) is 60.7 Å². The minimum atomic E-state index is -1.87.